The van der Waals surface area contributed by atoms with Crippen LogP contribution in [0.2, 0.25) is 0 Å². The van der Waals surface area contributed by atoms with Crippen LogP contribution in [0.3, 0.4) is 0 Å². The van der Waals surface area contributed by atoms with Gasteiger partial charge in [-0.25, -0.2) is 0 Å². The van der Waals surface area contributed by atoms with E-state index in [4.69, 9.17) is 9.15 Å². The second-order valence-electron chi connectivity index (χ2n) is 5.50. The first kappa shape index (κ1) is 15.2. The Morgan fingerprint density at radius 3 is 2.82 bits per heavy atom. The molecule has 22 heavy (non-hydrogen) atoms. The molecule has 1 heterocycles. The summed E-state index contributed by atoms with van der Waals surface area (Å²) in [6.07, 6.45) is 5.18. The predicted molar refractivity (Wildman–Crippen MR) is 83.8 cm³/mol. The van der Waals surface area contributed by atoms with Gasteiger partial charge in [-0.15, -0.1) is 10.2 Å². The third-order valence-electron chi connectivity index (χ3n) is 3.86. The number of carbonyl (C=O) groups excluding carboxylic acids is 1. The molecule has 3 rings (SSSR count). The minimum atomic E-state index is -0.187. The zero-order chi connectivity index (χ0) is 15.4. The number of aromatic nitrogens is 2. The van der Waals surface area contributed by atoms with E-state index >= 15 is 0 Å². The van der Waals surface area contributed by atoms with Gasteiger partial charge in [-0.2, -0.15) is 0 Å². The summed E-state index contributed by atoms with van der Waals surface area (Å²) in [6.45, 7) is 0.0308. The van der Waals surface area contributed by atoms with Gasteiger partial charge in [0.1, 0.15) is 0 Å². The van der Waals surface area contributed by atoms with E-state index in [2.05, 4.69) is 26.1 Å². The van der Waals surface area contributed by atoms with E-state index in [1.807, 2.05) is 24.3 Å². The second-order valence-corrected chi connectivity index (χ2v) is 6.35. The normalized spacial score (nSPS) is 15.1. The fourth-order valence-corrected chi connectivity index (χ4v) is 3.16. The molecule has 0 amide bonds. The van der Waals surface area contributed by atoms with E-state index in [1.54, 1.807) is 0 Å². The highest BCUT2D eigenvalue weighted by Crippen LogP contribution is 2.28. The van der Waals surface area contributed by atoms with Gasteiger partial charge in [0.2, 0.25) is 5.89 Å². The van der Waals surface area contributed by atoms with Crippen molar-refractivity contribution in [3.8, 4) is 11.5 Å². The molecular weight excluding hydrogens is 348 g/mol. The van der Waals surface area contributed by atoms with Crippen LogP contribution in [0.1, 0.15) is 38.0 Å². The lowest BCUT2D eigenvalue weighted by Gasteiger charge is -2.07. The van der Waals surface area contributed by atoms with Gasteiger partial charge >= 0.3 is 5.97 Å². The fraction of sp³-hybridized carbons (Fsp3) is 0.438. The number of nitrogens with zero attached hydrogens (tertiary/aromatic N) is 2. The van der Waals surface area contributed by atoms with Crippen LogP contribution in [-0.2, 0) is 16.1 Å². The van der Waals surface area contributed by atoms with E-state index in [1.165, 1.54) is 12.8 Å². The molecule has 0 N–H and O–H groups in total. The summed E-state index contributed by atoms with van der Waals surface area (Å²) < 4.78 is 11.6. The minimum Gasteiger partial charge on any atom is -0.456 e. The van der Waals surface area contributed by atoms with E-state index in [0.717, 1.165) is 22.9 Å². The van der Waals surface area contributed by atoms with Crippen LogP contribution in [-0.4, -0.2) is 16.2 Å². The molecule has 0 aliphatic heterocycles. The van der Waals surface area contributed by atoms with E-state index in [9.17, 15) is 4.79 Å². The second kappa shape index (κ2) is 7.05. The van der Waals surface area contributed by atoms with Crippen molar-refractivity contribution >= 4 is 21.9 Å². The van der Waals surface area contributed by atoms with Gasteiger partial charge in [0.25, 0.3) is 5.89 Å². The quantitative estimate of drug-likeness (QED) is 0.746. The van der Waals surface area contributed by atoms with Gasteiger partial charge in [0.05, 0.1) is 5.56 Å². The van der Waals surface area contributed by atoms with Crippen molar-refractivity contribution in [1.29, 1.82) is 0 Å². The minimum absolute atomic E-state index is 0.0308. The predicted octanol–water partition coefficient (Wildman–Crippen LogP) is 4.12. The topological polar surface area (TPSA) is 65.2 Å². The molecule has 1 aliphatic carbocycles. The summed E-state index contributed by atoms with van der Waals surface area (Å²) in [6, 6.07) is 7.59. The first-order valence-corrected chi connectivity index (χ1v) is 8.24. The molecule has 1 aromatic heterocycles. The molecule has 5 nitrogen and oxygen atoms in total. The molecule has 1 saturated carbocycles. The maximum Gasteiger partial charge on any atom is 0.306 e. The number of hydrogen-bond acceptors (Lipinski definition) is 5. The Balaban J connectivity index is 1.55. The zero-order valence-corrected chi connectivity index (χ0v) is 13.7. The Kier molecular flexibility index (Phi) is 4.87. The van der Waals surface area contributed by atoms with Gasteiger partial charge in [0, 0.05) is 10.9 Å². The Bertz CT molecular complexity index is 650. The molecule has 2 aromatic rings. The van der Waals surface area contributed by atoms with Gasteiger partial charge in [0.15, 0.2) is 6.61 Å². The highest BCUT2D eigenvalue weighted by molar-refractivity contribution is 9.10. The lowest BCUT2D eigenvalue weighted by atomic mass is 10.1. The van der Waals surface area contributed by atoms with Crippen LogP contribution in [0.5, 0.6) is 0 Å². The number of halogens is 1. The molecule has 0 spiro atoms. The average molecular weight is 365 g/mol. The maximum atomic E-state index is 11.8. The smallest absolute Gasteiger partial charge is 0.306 e. The van der Waals surface area contributed by atoms with Crippen molar-refractivity contribution in [1.82, 2.24) is 10.2 Å². The molecule has 0 bridgehead atoms. The van der Waals surface area contributed by atoms with Crippen molar-refractivity contribution in [2.75, 3.05) is 0 Å². The fourth-order valence-electron chi connectivity index (χ4n) is 2.71. The van der Waals surface area contributed by atoms with Crippen molar-refractivity contribution in [3.63, 3.8) is 0 Å². The highest BCUT2D eigenvalue weighted by Gasteiger charge is 2.20. The standard InChI is InChI=1S/C16H17BrN2O3/c17-13-8-4-3-7-12(13)16-19-18-14(22-16)10-21-15(20)9-11-5-1-2-6-11/h3-4,7-8,11H,1-2,5-6,9-10H2. The monoisotopic (exact) mass is 364 g/mol. The maximum absolute atomic E-state index is 11.8. The van der Waals surface area contributed by atoms with Gasteiger partial charge in [-0.05, 0) is 46.8 Å². The molecule has 116 valence electrons. The van der Waals surface area contributed by atoms with Gasteiger partial charge < -0.3 is 9.15 Å². The Morgan fingerprint density at radius 1 is 1.27 bits per heavy atom. The molecule has 6 heteroatoms. The third-order valence-corrected chi connectivity index (χ3v) is 4.55. The van der Waals surface area contributed by atoms with Crippen LogP contribution in [0.15, 0.2) is 33.2 Å². The Labute approximate surface area is 137 Å². The molecule has 1 aliphatic rings. The van der Waals surface area contributed by atoms with E-state index in [-0.39, 0.29) is 12.6 Å². The number of rotatable bonds is 5. The number of ether oxygens (including phenoxy) is 1. The van der Waals surface area contributed by atoms with Crippen LogP contribution in [0, 0.1) is 5.92 Å². The number of benzene rings is 1. The Hall–Kier alpha value is -1.69. The van der Waals surface area contributed by atoms with Crippen LogP contribution in [0.25, 0.3) is 11.5 Å². The highest BCUT2D eigenvalue weighted by atomic mass is 79.9. The summed E-state index contributed by atoms with van der Waals surface area (Å²) in [7, 11) is 0. The SMILES string of the molecule is O=C(CC1CCCC1)OCc1nnc(-c2ccccc2Br)o1. The van der Waals surface area contributed by atoms with Crippen molar-refractivity contribution in [2.45, 2.75) is 38.7 Å². The van der Waals surface area contributed by atoms with Gasteiger partial charge in [-0.3, -0.25) is 4.79 Å². The third kappa shape index (κ3) is 3.74. The summed E-state index contributed by atoms with van der Waals surface area (Å²) in [5.41, 5.74) is 0.818. The average Bonchev–Trinajstić information content (AvgIpc) is 3.17. The van der Waals surface area contributed by atoms with Crippen LogP contribution < -0.4 is 0 Å². The van der Waals surface area contributed by atoms with Crippen molar-refractivity contribution in [2.24, 2.45) is 5.92 Å². The number of hydrogen-bond donors (Lipinski definition) is 0. The zero-order valence-electron chi connectivity index (χ0n) is 12.1. The van der Waals surface area contributed by atoms with Crippen molar-refractivity contribution in [3.05, 3.63) is 34.6 Å². The molecular formula is C16H17BrN2O3. The van der Waals surface area contributed by atoms with Gasteiger partial charge in [-0.1, -0.05) is 25.0 Å². The lowest BCUT2D eigenvalue weighted by molar-refractivity contribution is -0.146. The summed E-state index contributed by atoms with van der Waals surface area (Å²) in [5, 5.41) is 7.91. The number of carbonyl (C=O) groups is 1. The largest absolute Gasteiger partial charge is 0.456 e. The van der Waals surface area contributed by atoms with E-state index in [0.29, 0.717) is 24.1 Å². The first-order valence-electron chi connectivity index (χ1n) is 7.45. The van der Waals surface area contributed by atoms with Crippen molar-refractivity contribution < 1.29 is 13.9 Å². The summed E-state index contributed by atoms with van der Waals surface area (Å²) in [5.74, 6) is 1.01. The molecule has 0 atom stereocenters. The summed E-state index contributed by atoms with van der Waals surface area (Å²) >= 11 is 3.44. The molecule has 0 radical (unpaired) electrons. The molecule has 0 saturated heterocycles. The van der Waals surface area contributed by atoms with Crippen LogP contribution >= 0.6 is 15.9 Å². The molecule has 1 fully saturated rings. The lowest BCUT2D eigenvalue weighted by Crippen LogP contribution is -2.09. The van der Waals surface area contributed by atoms with E-state index < -0.39 is 0 Å². The molecule has 0 unspecified atom stereocenters. The summed E-state index contributed by atoms with van der Waals surface area (Å²) in [4.78, 5) is 11.8. The number of esters is 1. The molecule has 1 aromatic carbocycles. The van der Waals surface area contributed by atoms with Crippen LogP contribution in [0.4, 0.5) is 0 Å². The first-order chi connectivity index (χ1) is 10.7. The Morgan fingerprint density at radius 2 is 2.05 bits per heavy atom.